The molecule has 1 nitrogen and oxygen atoms in total. The topological polar surface area (TPSA) is 9.23 Å². The summed E-state index contributed by atoms with van der Waals surface area (Å²) in [4.78, 5) is 0. The van der Waals surface area contributed by atoms with Gasteiger partial charge in [-0.25, -0.2) is 0 Å². The summed E-state index contributed by atoms with van der Waals surface area (Å²) in [5, 5.41) is 0. The van der Waals surface area contributed by atoms with Crippen molar-refractivity contribution in [3.63, 3.8) is 0 Å². The Hall–Kier alpha value is -1.34. The summed E-state index contributed by atoms with van der Waals surface area (Å²) in [6, 6.07) is 10.6. The SMILES string of the molecule is CCOC1(C)C=CC(Cc2ccccc2)=CC1. The van der Waals surface area contributed by atoms with Gasteiger partial charge in [0, 0.05) is 6.61 Å². The highest BCUT2D eigenvalue weighted by molar-refractivity contribution is 5.32. The molecule has 0 radical (unpaired) electrons. The van der Waals surface area contributed by atoms with E-state index in [4.69, 9.17) is 4.74 Å². The van der Waals surface area contributed by atoms with Crippen molar-refractivity contribution in [2.45, 2.75) is 32.3 Å². The van der Waals surface area contributed by atoms with E-state index in [1.165, 1.54) is 11.1 Å². The molecule has 1 unspecified atom stereocenters. The summed E-state index contributed by atoms with van der Waals surface area (Å²) in [5.74, 6) is 0. The first kappa shape index (κ1) is 12.1. The molecule has 90 valence electrons. The Balaban J connectivity index is 1.99. The van der Waals surface area contributed by atoms with Gasteiger partial charge in [0.15, 0.2) is 0 Å². The average molecular weight is 228 g/mol. The molecular weight excluding hydrogens is 208 g/mol. The summed E-state index contributed by atoms with van der Waals surface area (Å²) < 4.78 is 5.74. The van der Waals surface area contributed by atoms with E-state index in [2.05, 4.69) is 55.5 Å². The minimum absolute atomic E-state index is 0.102. The van der Waals surface area contributed by atoms with Crippen LogP contribution in [0, 0.1) is 0 Å². The lowest BCUT2D eigenvalue weighted by atomic mass is 9.91. The van der Waals surface area contributed by atoms with Crippen molar-refractivity contribution in [1.82, 2.24) is 0 Å². The maximum Gasteiger partial charge on any atom is 0.0871 e. The number of hydrogen-bond acceptors (Lipinski definition) is 1. The highest BCUT2D eigenvalue weighted by Gasteiger charge is 2.22. The van der Waals surface area contributed by atoms with Gasteiger partial charge in [0.2, 0.25) is 0 Å². The maximum atomic E-state index is 5.74. The molecule has 0 saturated carbocycles. The van der Waals surface area contributed by atoms with Crippen molar-refractivity contribution in [2.24, 2.45) is 0 Å². The molecule has 0 bridgehead atoms. The molecule has 0 amide bonds. The fourth-order valence-electron chi connectivity index (χ4n) is 2.15. The van der Waals surface area contributed by atoms with Crippen LogP contribution in [0.5, 0.6) is 0 Å². The average Bonchev–Trinajstić information content (AvgIpc) is 2.34. The van der Waals surface area contributed by atoms with Crippen LogP contribution >= 0.6 is 0 Å². The van der Waals surface area contributed by atoms with Crippen molar-refractivity contribution in [2.75, 3.05) is 6.61 Å². The molecule has 0 fully saturated rings. The Kier molecular flexibility index (Phi) is 3.80. The smallest absolute Gasteiger partial charge is 0.0871 e. The van der Waals surface area contributed by atoms with Gasteiger partial charge >= 0.3 is 0 Å². The Labute approximate surface area is 104 Å². The Morgan fingerprint density at radius 2 is 2.00 bits per heavy atom. The van der Waals surface area contributed by atoms with Crippen LogP contribution in [-0.4, -0.2) is 12.2 Å². The predicted molar refractivity (Wildman–Crippen MR) is 72.0 cm³/mol. The van der Waals surface area contributed by atoms with E-state index in [0.717, 1.165) is 19.4 Å². The van der Waals surface area contributed by atoms with Crippen molar-refractivity contribution < 1.29 is 4.74 Å². The third kappa shape index (κ3) is 3.31. The van der Waals surface area contributed by atoms with E-state index in [9.17, 15) is 0 Å². The molecule has 0 spiro atoms. The van der Waals surface area contributed by atoms with Crippen LogP contribution in [0.1, 0.15) is 25.8 Å². The first-order valence-electron chi connectivity index (χ1n) is 6.28. The second-order valence-electron chi connectivity index (χ2n) is 4.72. The minimum atomic E-state index is -0.102. The van der Waals surface area contributed by atoms with Crippen LogP contribution in [0.2, 0.25) is 0 Å². The Morgan fingerprint density at radius 1 is 1.24 bits per heavy atom. The molecule has 1 atom stereocenters. The fraction of sp³-hybridized carbons (Fsp3) is 0.375. The Morgan fingerprint density at radius 3 is 2.59 bits per heavy atom. The second kappa shape index (κ2) is 5.33. The van der Waals surface area contributed by atoms with Crippen LogP contribution in [0.4, 0.5) is 0 Å². The van der Waals surface area contributed by atoms with Gasteiger partial charge in [-0.15, -0.1) is 0 Å². The van der Waals surface area contributed by atoms with Crippen LogP contribution in [0.15, 0.2) is 54.1 Å². The van der Waals surface area contributed by atoms with E-state index in [-0.39, 0.29) is 5.60 Å². The van der Waals surface area contributed by atoms with Gasteiger partial charge in [0.1, 0.15) is 0 Å². The maximum absolute atomic E-state index is 5.74. The van der Waals surface area contributed by atoms with Crippen molar-refractivity contribution in [1.29, 1.82) is 0 Å². The Bertz CT molecular complexity index is 416. The number of benzene rings is 1. The molecule has 0 saturated heterocycles. The summed E-state index contributed by atoms with van der Waals surface area (Å²) in [6.45, 7) is 4.95. The highest BCUT2D eigenvalue weighted by Crippen LogP contribution is 2.25. The lowest BCUT2D eigenvalue weighted by molar-refractivity contribution is 0.0150. The highest BCUT2D eigenvalue weighted by atomic mass is 16.5. The zero-order valence-electron chi connectivity index (χ0n) is 10.6. The standard InChI is InChI=1S/C16H20O/c1-3-17-16(2)11-9-15(10-12-16)13-14-7-5-4-6-8-14/h4-11H,3,12-13H2,1-2H3. The van der Waals surface area contributed by atoms with Crippen LogP contribution in [-0.2, 0) is 11.2 Å². The van der Waals surface area contributed by atoms with E-state index < -0.39 is 0 Å². The normalized spacial score (nSPS) is 23.5. The van der Waals surface area contributed by atoms with E-state index in [0.29, 0.717) is 0 Å². The van der Waals surface area contributed by atoms with Crippen molar-refractivity contribution in [3.8, 4) is 0 Å². The zero-order chi connectivity index (χ0) is 12.1. The summed E-state index contributed by atoms with van der Waals surface area (Å²) in [7, 11) is 0. The van der Waals surface area contributed by atoms with Gasteiger partial charge in [-0.2, -0.15) is 0 Å². The number of ether oxygens (including phenoxy) is 1. The molecule has 0 heterocycles. The third-order valence-corrected chi connectivity index (χ3v) is 3.14. The predicted octanol–water partition coefficient (Wildman–Crippen LogP) is 3.91. The largest absolute Gasteiger partial charge is 0.371 e. The molecule has 0 N–H and O–H groups in total. The van der Waals surface area contributed by atoms with E-state index in [1.54, 1.807) is 0 Å². The molecule has 0 aliphatic heterocycles. The first-order chi connectivity index (χ1) is 8.22. The molecule has 0 aromatic heterocycles. The molecule has 1 heteroatoms. The monoisotopic (exact) mass is 228 g/mol. The third-order valence-electron chi connectivity index (χ3n) is 3.14. The first-order valence-corrected chi connectivity index (χ1v) is 6.28. The number of rotatable bonds is 4. The minimum Gasteiger partial charge on any atom is -0.371 e. The number of hydrogen-bond donors (Lipinski definition) is 0. The van der Waals surface area contributed by atoms with E-state index in [1.807, 2.05) is 6.92 Å². The quantitative estimate of drug-likeness (QED) is 0.759. The summed E-state index contributed by atoms with van der Waals surface area (Å²) in [6.07, 6.45) is 8.67. The zero-order valence-corrected chi connectivity index (χ0v) is 10.6. The summed E-state index contributed by atoms with van der Waals surface area (Å²) in [5.41, 5.74) is 2.64. The van der Waals surface area contributed by atoms with Gasteiger partial charge in [-0.1, -0.05) is 48.6 Å². The van der Waals surface area contributed by atoms with E-state index >= 15 is 0 Å². The lowest BCUT2D eigenvalue weighted by Gasteiger charge is -2.27. The number of allylic oxidation sites excluding steroid dienone is 2. The fourth-order valence-corrected chi connectivity index (χ4v) is 2.15. The molecule has 17 heavy (non-hydrogen) atoms. The molecule has 2 rings (SSSR count). The van der Waals surface area contributed by atoms with Gasteiger partial charge in [0.25, 0.3) is 0 Å². The van der Waals surface area contributed by atoms with Gasteiger partial charge in [0.05, 0.1) is 5.60 Å². The van der Waals surface area contributed by atoms with Crippen LogP contribution < -0.4 is 0 Å². The molecule has 1 aromatic carbocycles. The van der Waals surface area contributed by atoms with Gasteiger partial charge < -0.3 is 4.74 Å². The van der Waals surface area contributed by atoms with Crippen LogP contribution in [0.3, 0.4) is 0 Å². The molecule has 1 aliphatic carbocycles. The second-order valence-corrected chi connectivity index (χ2v) is 4.72. The lowest BCUT2D eigenvalue weighted by Crippen LogP contribution is -2.27. The van der Waals surface area contributed by atoms with Crippen LogP contribution in [0.25, 0.3) is 0 Å². The molecule has 1 aromatic rings. The molecular formula is C16H20O. The molecule has 1 aliphatic rings. The van der Waals surface area contributed by atoms with Crippen molar-refractivity contribution in [3.05, 3.63) is 59.7 Å². The van der Waals surface area contributed by atoms with Gasteiger partial charge in [-0.05, 0) is 37.8 Å². The van der Waals surface area contributed by atoms with Crippen molar-refractivity contribution >= 4 is 0 Å². The summed E-state index contributed by atoms with van der Waals surface area (Å²) >= 11 is 0. The van der Waals surface area contributed by atoms with Gasteiger partial charge in [-0.3, -0.25) is 0 Å².